The van der Waals surface area contributed by atoms with Gasteiger partial charge in [0, 0.05) is 42.6 Å². The van der Waals surface area contributed by atoms with Crippen LogP contribution in [0.15, 0.2) is 48.5 Å². The maximum absolute atomic E-state index is 12.8. The van der Waals surface area contributed by atoms with E-state index in [4.69, 9.17) is 24.3 Å². The van der Waals surface area contributed by atoms with Crippen LogP contribution in [0.2, 0.25) is 0 Å². The van der Waals surface area contributed by atoms with E-state index in [0.29, 0.717) is 35.8 Å². The van der Waals surface area contributed by atoms with E-state index in [1.807, 2.05) is 44.3 Å². The molecule has 48 heavy (non-hydrogen) atoms. The van der Waals surface area contributed by atoms with Crippen LogP contribution < -0.4 is 9.64 Å². The Bertz CT molecular complexity index is 1780. The van der Waals surface area contributed by atoms with Crippen molar-refractivity contribution >= 4 is 17.4 Å². The largest absolute Gasteiger partial charge is 0.490 e. The van der Waals surface area contributed by atoms with Crippen LogP contribution in [0.5, 0.6) is 5.75 Å². The van der Waals surface area contributed by atoms with E-state index >= 15 is 0 Å². The molecular formula is C39H50N4O5. The Morgan fingerprint density at radius 1 is 1.04 bits per heavy atom. The van der Waals surface area contributed by atoms with Crippen LogP contribution in [-0.2, 0) is 14.3 Å². The highest BCUT2D eigenvalue weighted by molar-refractivity contribution is 5.80. The topological polar surface area (TPSA) is 98.4 Å². The van der Waals surface area contributed by atoms with Crippen LogP contribution in [0.1, 0.15) is 96.1 Å². The third kappa shape index (κ3) is 7.37. The van der Waals surface area contributed by atoms with Crippen molar-refractivity contribution in [2.45, 2.75) is 110 Å². The van der Waals surface area contributed by atoms with Crippen LogP contribution in [0.25, 0.3) is 28.0 Å². The number of aliphatic carboxylic acids is 1. The van der Waals surface area contributed by atoms with E-state index in [1.54, 1.807) is 0 Å². The number of anilines is 1. The van der Waals surface area contributed by atoms with Crippen molar-refractivity contribution in [3.05, 3.63) is 65.4 Å². The van der Waals surface area contributed by atoms with Gasteiger partial charge >= 0.3 is 5.97 Å². The van der Waals surface area contributed by atoms with Crippen LogP contribution in [0, 0.1) is 13.8 Å². The van der Waals surface area contributed by atoms with E-state index in [2.05, 4.69) is 62.1 Å². The van der Waals surface area contributed by atoms with Gasteiger partial charge in [-0.25, -0.2) is 9.78 Å². The molecule has 1 saturated heterocycles. The number of fused-ring (bicyclic) bond motifs is 9. The predicted octanol–water partition coefficient (Wildman–Crippen LogP) is 8.34. The zero-order valence-corrected chi connectivity index (χ0v) is 29.5. The van der Waals surface area contributed by atoms with E-state index in [-0.39, 0.29) is 11.7 Å². The molecule has 1 N–H and O–H groups in total. The summed E-state index contributed by atoms with van der Waals surface area (Å²) < 4.78 is 21.1. The Morgan fingerprint density at radius 2 is 1.79 bits per heavy atom. The summed E-state index contributed by atoms with van der Waals surface area (Å²) in [6.07, 6.45) is 4.64. The number of rotatable bonds is 3. The lowest BCUT2D eigenvalue weighted by atomic mass is 9.92. The highest BCUT2D eigenvalue weighted by atomic mass is 16.5. The van der Waals surface area contributed by atoms with Gasteiger partial charge in [-0.15, -0.1) is 0 Å². The van der Waals surface area contributed by atoms with Gasteiger partial charge in [0.1, 0.15) is 11.6 Å². The van der Waals surface area contributed by atoms with Gasteiger partial charge in [-0.1, -0.05) is 36.2 Å². The predicted molar refractivity (Wildman–Crippen MR) is 189 cm³/mol. The fourth-order valence-electron chi connectivity index (χ4n) is 6.91. The first-order chi connectivity index (χ1) is 22.8. The van der Waals surface area contributed by atoms with Gasteiger partial charge < -0.3 is 24.2 Å². The molecular weight excluding hydrogens is 604 g/mol. The second-order valence-corrected chi connectivity index (χ2v) is 14.8. The average Bonchev–Trinajstić information content (AvgIpc) is 3.45. The third-order valence-electron chi connectivity index (χ3n) is 9.52. The van der Waals surface area contributed by atoms with Gasteiger partial charge in [-0.05, 0) is 104 Å². The number of carbonyl (C=O) groups is 1. The highest BCUT2D eigenvalue weighted by Gasteiger charge is 2.38. The number of aryl methyl sites for hydroxylation is 2. The summed E-state index contributed by atoms with van der Waals surface area (Å²) in [5.74, 6) is 0.533. The lowest BCUT2D eigenvalue weighted by Crippen LogP contribution is -2.46. The molecule has 7 rings (SSSR count). The maximum Gasteiger partial charge on any atom is 0.337 e. The second kappa shape index (κ2) is 13.5. The highest BCUT2D eigenvalue weighted by Crippen LogP contribution is 2.39. The van der Waals surface area contributed by atoms with Crippen molar-refractivity contribution in [3.63, 3.8) is 0 Å². The zero-order valence-electron chi connectivity index (χ0n) is 29.5. The molecule has 5 heterocycles. The minimum absolute atomic E-state index is 0.0868. The Kier molecular flexibility index (Phi) is 9.55. The molecule has 0 saturated carbocycles. The number of hydrogen-bond donors (Lipinski definition) is 1. The van der Waals surface area contributed by atoms with E-state index in [1.165, 1.54) is 0 Å². The first-order valence-electron chi connectivity index (χ1n) is 17.4. The minimum Gasteiger partial charge on any atom is -0.490 e. The molecule has 2 aromatic carbocycles. The number of carboxylic acids is 1. The van der Waals surface area contributed by atoms with Gasteiger partial charge in [0.05, 0.1) is 28.6 Å². The van der Waals surface area contributed by atoms with E-state index in [9.17, 15) is 9.90 Å². The molecule has 6 bridgehead atoms. The lowest BCUT2D eigenvalue weighted by Gasteiger charge is -2.41. The summed E-state index contributed by atoms with van der Waals surface area (Å²) in [7, 11) is 0. The number of ether oxygens (including phenoxy) is 3. The molecule has 0 unspecified atom stereocenters. The Balaban J connectivity index is 1.52. The Labute approximate surface area is 284 Å². The minimum atomic E-state index is -1.21. The van der Waals surface area contributed by atoms with Crippen LogP contribution >= 0.6 is 0 Å². The molecule has 2 atom stereocenters. The van der Waals surface area contributed by atoms with Crippen molar-refractivity contribution in [2.75, 3.05) is 24.6 Å². The summed E-state index contributed by atoms with van der Waals surface area (Å²) in [4.78, 5) is 20.0. The van der Waals surface area contributed by atoms with E-state index < -0.39 is 17.7 Å². The molecule has 3 aliphatic heterocycles. The number of hydrogen-bond acceptors (Lipinski definition) is 7. The van der Waals surface area contributed by atoms with Gasteiger partial charge in [-0.2, -0.15) is 9.61 Å². The fourth-order valence-corrected chi connectivity index (χ4v) is 6.91. The molecule has 0 radical (unpaired) electrons. The molecule has 9 nitrogen and oxygen atoms in total. The smallest absolute Gasteiger partial charge is 0.337 e. The Hall–Kier alpha value is -3.95. The first-order valence-corrected chi connectivity index (χ1v) is 17.4. The molecule has 256 valence electrons. The van der Waals surface area contributed by atoms with Crippen molar-refractivity contribution in [1.82, 2.24) is 14.6 Å². The van der Waals surface area contributed by atoms with Crippen molar-refractivity contribution < 1.29 is 24.1 Å². The summed E-state index contributed by atoms with van der Waals surface area (Å²) in [6.45, 7) is 16.0. The number of benzene rings is 2. The zero-order chi connectivity index (χ0) is 34.2. The standard InChI is InChI=1S/C39H50N4O5/c1-25-15-16-32-30(22-25)28-13-11-14-29(23-28)31-24-33-40-27(3)34(35(37(44)45)48-38(4,5)6)36(43(33)41-31)42-19-17-39(7,18-20-42)46-21-10-8-9-12-26(2)47-32/h11,13-16,22-24,26,35H,8-10,12,17-21H2,1-7H3,(H,44,45)/t26-,35-/m0/s1. The first kappa shape index (κ1) is 33.9. The quantitative estimate of drug-likeness (QED) is 0.235. The molecule has 4 aromatic rings. The molecule has 9 heteroatoms. The van der Waals surface area contributed by atoms with Crippen LogP contribution in [-0.4, -0.2) is 62.7 Å². The molecule has 1 fully saturated rings. The Morgan fingerprint density at radius 3 is 2.52 bits per heavy atom. The fraction of sp³-hybridized carbons (Fsp3) is 0.513. The number of nitrogens with zero attached hydrogens (tertiary/aromatic N) is 4. The van der Waals surface area contributed by atoms with Crippen molar-refractivity contribution in [2.24, 2.45) is 0 Å². The lowest BCUT2D eigenvalue weighted by molar-refractivity contribution is -0.160. The monoisotopic (exact) mass is 654 g/mol. The maximum atomic E-state index is 12.8. The molecule has 0 amide bonds. The van der Waals surface area contributed by atoms with Crippen molar-refractivity contribution in [3.8, 4) is 28.1 Å². The molecule has 3 aliphatic rings. The van der Waals surface area contributed by atoms with Gasteiger partial charge in [0.2, 0.25) is 0 Å². The third-order valence-corrected chi connectivity index (χ3v) is 9.52. The molecule has 0 spiro atoms. The normalized spacial score (nSPS) is 21.4. The summed E-state index contributed by atoms with van der Waals surface area (Å²) in [5.41, 5.74) is 5.81. The summed E-state index contributed by atoms with van der Waals surface area (Å²) >= 11 is 0. The molecule has 2 aromatic heterocycles. The number of aromatic nitrogens is 3. The van der Waals surface area contributed by atoms with Gasteiger partial charge in [-0.3, -0.25) is 0 Å². The SMILES string of the molecule is Cc1ccc2c(c1)-c1cccc(c1)-c1cc3nc(C)c([C@H](OC(C)(C)C)C(=O)O)c(n3n1)N1CCC(C)(CC1)OCCCCC[C@H](C)O2. The van der Waals surface area contributed by atoms with Gasteiger partial charge in [0.25, 0.3) is 0 Å². The molecule has 0 aliphatic carbocycles. The summed E-state index contributed by atoms with van der Waals surface area (Å²) in [6, 6.07) is 16.7. The van der Waals surface area contributed by atoms with Gasteiger partial charge in [0.15, 0.2) is 11.8 Å². The van der Waals surface area contributed by atoms with Crippen LogP contribution in [0.4, 0.5) is 5.82 Å². The number of carboxylic acid groups (broad SMARTS) is 1. The van der Waals surface area contributed by atoms with Crippen LogP contribution in [0.3, 0.4) is 0 Å². The second-order valence-electron chi connectivity index (χ2n) is 14.8. The van der Waals surface area contributed by atoms with E-state index in [0.717, 1.165) is 78.8 Å². The average molecular weight is 655 g/mol. The number of piperidine rings is 1. The van der Waals surface area contributed by atoms with Crippen molar-refractivity contribution in [1.29, 1.82) is 0 Å². The summed E-state index contributed by atoms with van der Waals surface area (Å²) in [5, 5.41) is 15.6.